The van der Waals surface area contributed by atoms with E-state index in [1.807, 2.05) is 19.9 Å². The minimum Gasteiger partial charge on any atom is -0.171 e. The lowest BCUT2D eigenvalue weighted by molar-refractivity contribution is -0.127. The van der Waals surface area contributed by atoms with Crippen molar-refractivity contribution in [2.45, 2.75) is 39.3 Å². The molecule has 0 nitrogen and oxygen atoms in total. The third-order valence-electron chi connectivity index (χ3n) is 2.27. The van der Waals surface area contributed by atoms with Crippen LogP contribution in [0.4, 0.5) is 13.2 Å². The Morgan fingerprint density at radius 2 is 1.80 bits per heavy atom. The van der Waals surface area contributed by atoms with Gasteiger partial charge in [0.05, 0.1) is 6.42 Å². The molecule has 0 saturated carbocycles. The zero-order valence-electron chi connectivity index (χ0n) is 8.99. The predicted octanol–water partition coefficient (Wildman–Crippen LogP) is 4.05. The summed E-state index contributed by atoms with van der Waals surface area (Å²) in [6.45, 7) is 3.78. The van der Waals surface area contributed by atoms with E-state index in [0.717, 1.165) is 17.5 Å². The topological polar surface area (TPSA) is 0 Å². The summed E-state index contributed by atoms with van der Waals surface area (Å²) in [5, 5.41) is 0. The van der Waals surface area contributed by atoms with Crippen molar-refractivity contribution in [1.82, 2.24) is 0 Å². The van der Waals surface area contributed by atoms with Crippen LogP contribution in [0.2, 0.25) is 0 Å². The van der Waals surface area contributed by atoms with Crippen molar-refractivity contribution in [1.29, 1.82) is 0 Å². The van der Waals surface area contributed by atoms with Crippen molar-refractivity contribution in [2.75, 3.05) is 0 Å². The monoisotopic (exact) mass is 216 g/mol. The average Bonchev–Trinajstić information content (AvgIpc) is 2.07. The second-order valence-electron chi connectivity index (χ2n) is 3.81. The van der Waals surface area contributed by atoms with Gasteiger partial charge in [-0.1, -0.05) is 37.1 Å². The van der Waals surface area contributed by atoms with Crippen LogP contribution in [0.25, 0.3) is 0 Å². The summed E-state index contributed by atoms with van der Waals surface area (Å²) in [5.74, 6) is 0. The van der Waals surface area contributed by atoms with Crippen molar-refractivity contribution in [3.05, 3.63) is 34.9 Å². The van der Waals surface area contributed by atoms with Gasteiger partial charge in [0.2, 0.25) is 0 Å². The Morgan fingerprint density at radius 3 is 2.33 bits per heavy atom. The highest BCUT2D eigenvalue weighted by Crippen LogP contribution is 2.24. The van der Waals surface area contributed by atoms with Crippen LogP contribution in [0.1, 0.15) is 30.0 Å². The average molecular weight is 216 g/mol. The zero-order valence-corrected chi connectivity index (χ0v) is 8.99. The molecule has 0 N–H and O–H groups in total. The van der Waals surface area contributed by atoms with Gasteiger partial charge in [0.15, 0.2) is 0 Å². The maximum Gasteiger partial charge on any atom is 0.393 e. The van der Waals surface area contributed by atoms with E-state index in [1.165, 1.54) is 0 Å². The van der Waals surface area contributed by atoms with Gasteiger partial charge in [0.1, 0.15) is 0 Å². The van der Waals surface area contributed by atoms with Crippen LogP contribution in [-0.4, -0.2) is 6.18 Å². The van der Waals surface area contributed by atoms with Gasteiger partial charge in [-0.25, -0.2) is 0 Å². The fraction of sp³-hybridized carbons (Fsp3) is 0.500. The number of aryl methyl sites for hydroxylation is 2. The molecule has 84 valence electrons. The standard InChI is InChI=1S/C12H15F3/c1-3-4-10-6-5-9(2)7-11(10)8-12(13,14)15/h5-7H,3-4,8H2,1-2H3. The SMILES string of the molecule is CCCc1ccc(C)cc1CC(F)(F)F. The fourth-order valence-electron chi connectivity index (χ4n) is 1.65. The Kier molecular flexibility index (Phi) is 3.77. The van der Waals surface area contributed by atoms with E-state index in [-0.39, 0.29) is 0 Å². The summed E-state index contributed by atoms with van der Waals surface area (Å²) in [4.78, 5) is 0. The zero-order chi connectivity index (χ0) is 11.5. The molecular weight excluding hydrogens is 201 g/mol. The Labute approximate surface area is 88.1 Å². The van der Waals surface area contributed by atoms with Gasteiger partial charge < -0.3 is 0 Å². The van der Waals surface area contributed by atoms with Crippen LogP contribution in [0, 0.1) is 6.92 Å². The first kappa shape index (κ1) is 12.1. The molecule has 0 fully saturated rings. The highest BCUT2D eigenvalue weighted by atomic mass is 19.4. The van der Waals surface area contributed by atoms with Gasteiger partial charge >= 0.3 is 6.18 Å². The lowest BCUT2D eigenvalue weighted by atomic mass is 9.98. The van der Waals surface area contributed by atoms with Crippen molar-refractivity contribution in [3.8, 4) is 0 Å². The molecule has 0 amide bonds. The van der Waals surface area contributed by atoms with Gasteiger partial charge in [0, 0.05) is 0 Å². The van der Waals surface area contributed by atoms with E-state index in [4.69, 9.17) is 0 Å². The largest absolute Gasteiger partial charge is 0.393 e. The van der Waals surface area contributed by atoms with E-state index < -0.39 is 12.6 Å². The van der Waals surface area contributed by atoms with Crippen LogP contribution in [0.3, 0.4) is 0 Å². The summed E-state index contributed by atoms with van der Waals surface area (Å²) >= 11 is 0. The maximum absolute atomic E-state index is 12.3. The molecule has 0 aromatic heterocycles. The smallest absolute Gasteiger partial charge is 0.171 e. The molecule has 0 aliphatic rings. The number of halogens is 3. The maximum atomic E-state index is 12.3. The molecule has 0 spiro atoms. The molecule has 0 aliphatic heterocycles. The van der Waals surface area contributed by atoms with E-state index in [0.29, 0.717) is 12.0 Å². The van der Waals surface area contributed by atoms with Crippen LogP contribution >= 0.6 is 0 Å². The molecule has 0 unspecified atom stereocenters. The van der Waals surface area contributed by atoms with Crippen LogP contribution in [0.15, 0.2) is 18.2 Å². The molecule has 15 heavy (non-hydrogen) atoms. The summed E-state index contributed by atoms with van der Waals surface area (Å²) in [5.41, 5.74) is 2.12. The number of benzene rings is 1. The van der Waals surface area contributed by atoms with Crippen molar-refractivity contribution < 1.29 is 13.2 Å². The first-order chi connectivity index (χ1) is 6.92. The van der Waals surface area contributed by atoms with Crippen LogP contribution < -0.4 is 0 Å². The highest BCUT2D eigenvalue weighted by molar-refractivity contribution is 5.32. The van der Waals surface area contributed by atoms with Gasteiger partial charge in [-0.15, -0.1) is 0 Å². The highest BCUT2D eigenvalue weighted by Gasteiger charge is 2.28. The third-order valence-corrected chi connectivity index (χ3v) is 2.27. The number of hydrogen-bond acceptors (Lipinski definition) is 0. The summed E-state index contributed by atoms with van der Waals surface area (Å²) in [6.07, 6.45) is -3.35. The molecule has 1 aromatic rings. The van der Waals surface area contributed by atoms with E-state index in [9.17, 15) is 13.2 Å². The minimum atomic E-state index is -4.11. The van der Waals surface area contributed by atoms with Gasteiger partial charge in [-0.2, -0.15) is 13.2 Å². The Hall–Kier alpha value is -0.990. The molecule has 0 bridgehead atoms. The lowest BCUT2D eigenvalue weighted by Gasteiger charge is -2.12. The summed E-state index contributed by atoms with van der Waals surface area (Å²) in [7, 11) is 0. The first-order valence-corrected chi connectivity index (χ1v) is 5.07. The molecule has 0 saturated heterocycles. The number of hydrogen-bond donors (Lipinski definition) is 0. The predicted molar refractivity (Wildman–Crippen MR) is 54.9 cm³/mol. The van der Waals surface area contributed by atoms with Crippen LogP contribution in [0.5, 0.6) is 0 Å². The van der Waals surface area contributed by atoms with Gasteiger partial charge in [-0.05, 0) is 24.5 Å². The Bertz CT molecular complexity index is 326. The second kappa shape index (κ2) is 4.69. The number of rotatable bonds is 3. The van der Waals surface area contributed by atoms with E-state index in [2.05, 4.69) is 0 Å². The third kappa shape index (κ3) is 3.94. The molecule has 0 heterocycles. The van der Waals surface area contributed by atoms with E-state index in [1.54, 1.807) is 12.1 Å². The molecule has 0 atom stereocenters. The van der Waals surface area contributed by atoms with Crippen molar-refractivity contribution >= 4 is 0 Å². The molecule has 0 radical (unpaired) electrons. The molecular formula is C12H15F3. The van der Waals surface area contributed by atoms with Crippen LogP contribution in [-0.2, 0) is 12.8 Å². The fourth-order valence-corrected chi connectivity index (χ4v) is 1.65. The molecule has 0 aliphatic carbocycles. The minimum absolute atomic E-state index is 0.421. The second-order valence-corrected chi connectivity index (χ2v) is 3.81. The van der Waals surface area contributed by atoms with Gasteiger partial charge in [0.25, 0.3) is 0 Å². The van der Waals surface area contributed by atoms with Gasteiger partial charge in [-0.3, -0.25) is 0 Å². The number of alkyl halides is 3. The summed E-state index contributed by atoms with van der Waals surface area (Å²) < 4.78 is 36.9. The van der Waals surface area contributed by atoms with Crippen molar-refractivity contribution in [3.63, 3.8) is 0 Å². The Balaban J connectivity index is 2.96. The van der Waals surface area contributed by atoms with E-state index >= 15 is 0 Å². The normalized spacial score (nSPS) is 11.8. The lowest BCUT2D eigenvalue weighted by Crippen LogP contribution is -2.13. The Morgan fingerprint density at radius 1 is 1.13 bits per heavy atom. The quantitative estimate of drug-likeness (QED) is 0.715. The summed E-state index contributed by atoms with van der Waals surface area (Å²) in [6, 6.07) is 5.31. The molecule has 1 rings (SSSR count). The van der Waals surface area contributed by atoms with Crippen molar-refractivity contribution in [2.24, 2.45) is 0 Å². The first-order valence-electron chi connectivity index (χ1n) is 5.07. The molecule has 1 aromatic carbocycles. The molecule has 3 heteroatoms.